The first-order valence-electron chi connectivity index (χ1n) is 6.68. The summed E-state index contributed by atoms with van der Waals surface area (Å²) >= 11 is 0. The molecule has 1 N–H and O–H groups in total. The second kappa shape index (κ2) is 5.61. The largest absolute Gasteiger partial charge is 0.411 e. The molecule has 0 saturated carbocycles. The predicted octanol–water partition coefficient (Wildman–Crippen LogP) is 2.89. The fourth-order valence-electron chi connectivity index (χ4n) is 2.33. The van der Waals surface area contributed by atoms with Crippen LogP contribution in [0.1, 0.15) is 32.3 Å². The van der Waals surface area contributed by atoms with E-state index in [1.807, 2.05) is 18.2 Å². The molecule has 0 fully saturated rings. The zero-order valence-electron chi connectivity index (χ0n) is 11.9. The van der Waals surface area contributed by atoms with Crippen LogP contribution in [0.3, 0.4) is 0 Å². The number of hydrogen-bond donors (Lipinski definition) is 1. The number of methoxy groups -OCH3 is 1. The summed E-state index contributed by atoms with van der Waals surface area (Å²) in [6.07, 6.45) is 1.74. The summed E-state index contributed by atoms with van der Waals surface area (Å²) in [7, 11) is 1.75. The van der Waals surface area contributed by atoms with E-state index in [0.717, 1.165) is 42.9 Å². The number of rotatable bonds is 4. The molecule has 104 valence electrons. The number of para-hydroxylation sites is 1. The fraction of sp³-hybridized carbons (Fsp3) is 0.533. The third-order valence-corrected chi connectivity index (χ3v) is 3.83. The van der Waals surface area contributed by atoms with E-state index in [1.54, 1.807) is 7.11 Å². The minimum Gasteiger partial charge on any atom is -0.411 e. The molecular formula is C15H22N2O2. The Kier molecular flexibility index (Phi) is 4.10. The zero-order chi connectivity index (χ0) is 13.9. The molecule has 1 heterocycles. The van der Waals surface area contributed by atoms with Gasteiger partial charge in [0.25, 0.3) is 0 Å². The number of benzene rings is 1. The number of fused-ring (bicyclic) bond motifs is 1. The standard InChI is InChI=1S/C15H22N2O2/c1-15(2,19-3)9-11-17-10-8-13(16-18)12-6-4-5-7-14(12)17/h4-7,18H,8-11H2,1-3H3/b16-13-. The number of ether oxygens (including phenoxy) is 1. The third-order valence-electron chi connectivity index (χ3n) is 3.83. The Morgan fingerprint density at radius 3 is 2.79 bits per heavy atom. The van der Waals surface area contributed by atoms with Crippen molar-refractivity contribution < 1.29 is 9.94 Å². The van der Waals surface area contributed by atoms with Gasteiger partial charge in [0.2, 0.25) is 0 Å². The summed E-state index contributed by atoms with van der Waals surface area (Å²) in [5.74, 6) is 0. The van der Waals surface area contributed by atoms with Gasteiger partial charge in [-0.25, -0.2) is 0 Å². The van der Waals surface area contributed by atoms with E-state index in [1.165, 1.54) is 0 Å². The monoisotopic (exact) mass is 262 g/mol. The number of hydrogen-bond acceptors (Lipinski definition) is 4. The lowest BCUT2D eigenvalue weighted by atomic mass is 9.98. The van der Waals surface area contributed by atoms with Gasteiger partial charge in [-0.3, -0.25) is 0 Å². The maximum atomic E-state index is 9.07. The number of nitrogens with zero attached hydrogens (tertiary/aromatic N) is 2. The van der Waals surface area contributed by atoms with E-state index in [-0.39, 0.29) is 5.60 Å². The average molecular weight is 262 g/mol. The van der Waals surface area contributed by atoms with Gasteiger partial charge in [-0.2, -0.15) is 0 Å². The van der Waals surface area contributed by atoms with Crippen LogP contribution in [-0.4, -0.2) is 36.7 Å². The van der Waals surface area contributed by atoms with Gasteiger partial charge in [0, 0.05) is 37.9 Å². The molecule has 2 rings (SSSR count). The maximum absolute atomic E-state index is 9.07. The smallest absolute Gasteiger partial charge is 0.0906 e. The van der Waals surface area contributed by atoms with E-state index >= 15 is 0 Å². The minimum atomic E-state index is -0.111. The molecule has 0 amide bonds. The molecule has 4 nitrogen and oxygen atoms in total. The average Bonchev–Trinajstić information content (AvgIpc) is 2.44. The highest BCUT2D eigenvalue weighted by molar-refractivity contribution is 6.06. The van der Waals surface area contributed by atoms with Crippen LogP contribution in [0.5, 0.6) is 0 Å². The van der Waals surface area contributed by atoms with Crippen LogP contribution >= 0.6 is 0 Å². The SMILES string of the molecule is COC(C)(C)CCN1CC/C(=N/O)c2ccccc21. The number of oxime groups is 1. The van der Waals surface area contributed by atoms with E-state index in [2.05, 4.69) is 30.0 Å². The molecule has 0 saturated heterocycles. The third kappa shape index (κ3) is 3.07. The van der Waals surface area contributed by atoms with Gasteiger partial charge in [-0.05, 0) is 26.3 Å². The summed E-state index contributed by atoms with van der Waals surface area (Å²) in [4.78, 5) is 2.34. The fourth-order valence-corrected chi connectivity index (χ4v) is 2.33. The Bertz CT molecular complexity index is 469. The zero-order valence-corrected chi connectivity index (χ0v) is 11.9. The van der Waals surface area contributed by atoms with Gasteiger partial charge in [0.05, 0.1) is 11.3 Å². The van der Waals surface area contributed by atoms with Crippen LogP contribution in [0.15, 0.2) is 29.4 Å². The molecule has 1 aliphatic heterocycles. The van der Waals surface area contributed by atoms with Gasteiger partial charge in [0.1, 0.15) is 0 Å². The molecule has 19 heavy (non-hydrogen) atoms. The molecule has 0 bridgehead atoms. The highest BCUT2D eigenvalue weighted by atomic mass is 16.5. The molecule has 0 aliphatic carbocycles. The van der Waals surface area contributed by atoms with E-state index in [4.69, 9.17) is 9.94 Å². The molecule has 0 spiro atoms. The second-order valence-electron chi connectivity index (χ2n) is 5.51. The van der Waals surface area contributed by atoms with Crippen molar-refractivity contribution in [3.05, 3.63) is 29.8 Å². The maximum Gasteiger partial charge on any atom is 0.0906 e. The lowest BCUT2D eigenvalue weighted by Crippen LogP contribution is -2.37. The first-order valence-corrected chi connectivity index (χ1v) is 6.68. The molecular weight excluding hydrogens is 240 g/mol. The minimum absolute atomic E-state index is 0.111. The van der Waals surface area contributed by atoms with Gasteiger partial charge < -0.3 is 14.8 Å². The molecule has 0 unspecified atom stereocenters. The second-order valence-corrected chi connectivity index (χ2v) is 5.51. The van der Waals surface area contributed by atoms with Crippen LogP contribution in [0.25, 0.3) is 0 Å². The lowest BCUT2D eigenvalue weighted by Gasteiger charge is -2.34. The summed E-state index contributed by atoms with van der Waals surface area (Å²) in [6.45, 7) is 6.03. The Morgan fingerprint density at radius 1 is 1.37 bits per heavy atom. The van der Waals surface area contributed by atoms with Gasteiger partial charge in [0.15, 0.2) is 0 Å². The van der Waals surface area contributed by atoms with Crippen LogP contribution in [0, 0.1) is 0 Å². The topological polar surface area (TPSA) is 45.1 Å². The first-order chi connectivity index (χ1) is 9.07. The van der Waals surface area contributed by atoms with E-state index in [9.17, 15) is 0 Å². The van der Waals surface area contributed by atoms with E-state index in [0.29, 0.717) is 0 Å². The van der Waals surface area contributed by atoms with Crippen molar-refractivity contribution in [3.8, 4) is 0 Å². The van der Waals surface area contributed by atoms with Crippen molar-refractivity contribution in [2.75, 3.05) is 25.1 Å². The molecule has 0 aromatic heterocycles. The molecule has 1 aromatic rings. The molecule has 0 radical (unpaired) electrons. The van der Waals surface area contributed by atoms with Crippen molar-refractivity contribution in [3.63, 3.8) is 0 Å². The van der Waals surface area contributed by atoms with Gasteiger partial charge >= 0.3 is 0 Å². The van der Waals surface area contributed by atoms with Crippen LogP contribution in [0.2, 0.25) is 0 Å². The Hall–Kier alpha value is -1.55. The molecule has 1 aromatic carbocycles. The number of anilines is 1. The normalized spacial score (nSPS) is 17.6. The summed E-state index contributed by atoms with van der Waals surface area (Å²) in [5.41, 5.74) is 2.85. The molecule has 0 atom stereocenters. The van der Waals surface area contributed by atoms with Gasteiger partial charge in [-0.15, -0.1) is 0 Å². The molecule has 4 heteroatoms. The Labute approximate surface area is 114 Å². The highest BCUT2D eigenvalue weighted by Crippen LogP contribution is 2.28. The lowest BCUT2D eigenvalue weighted by molar-refractivity contribution is 0.0172. The van der Waals surface area contributed by atoms with Crippen molar-refractivity contribution in [1.29, 1.82) is 0 Å². The predicted molar refractivity (Wildman–Crippen MR) is 77.3 cm³/mol. The first kappa shape index (κ1) is 13.9. The van der Waals surface area contributed by atoms with Crippen LogP contribution in [0.4, 0.5) is 5.69 Å². The quantitative estimate of drug-likeness (QED) is 0.670. The summed E-state index contributed by atoms with van der Waals surface area (Å²) in [5, 5.41) is 12.5. The van der Waals surface area contributed by atoms with Crippen molar-refractivity contribution in [1.82, 2.24) is 0 Å². The Morgan fingerprint density at radius 2 is 2.11 bits per heavy atom. The highest BCUT2D eigenvalue weighted by Gasteiger charge is 2.24. The van der Waals surface area contributed by atoms with Crippen molar-refractivity contribution >= 4 is 11.4 Å². The summed E-state index contributed by atoms with van der Waals surface area (Å²) < 4.78 is 5.47. The van der Waals surface area contributed by atoms with E-state index < -0.39 is 0 Å². The van der Waals surface area contributed by atoms with Crippen molar-refractivity contribution in [2.45, 2.75) is 32.3 Å². The molecule has 1 aliphatic rings. The summed E-state index contributed by atoms with van der Waals surface area (Å²) in [6, 6.07) is 8.09. The van der Waals surface area contributed by atoms with Crippen LogP contribution < -0.4 is 4.90 Å². The Balaban J connectivity index is 2.16. The van der Waals surface area contributed by atoms with Gasteiger partial charge in [-0.1, -0.05) is 23.4 Å². The van der Waals surface area contributed by atoms with Crippen molar-refractivity contribution in [2.24, 2.45) is 5.16 Å². The van der Waals surface area contributed by atoms with Crippen LogP contribution in [-0.2, 0) is 4.74 Å².